The van der Waals surface area contributed by atoms with Gasteiger partial charge in [-0.15, -0.1) is 0 Å². The molecular formula is C22H17BrN3O4S+. The van der Waals surface area contributed by atoms with E-state index in [-0.39, 0.29) is 27.4 Å². The molecule has 3 aromatic rings. The lowest BCUT2D eigenvalue weighted by atomic mass is 9.90. The van der Waals surface area contributed by atoms with Crippen LogP contribution in [0, 0.1) is 0 Å². The van der Waals surface area contributed by atoms with Crippen LogP contribution in [0.15, 0.2) is 95.0 Å². The SMILES string of the molecule is C=CC[n+]1ccn(C2=C(NS(=O)(=O)c3ccc(Br)cc3)C(=O)c3ccccc3C2=O)c1. The molecule has 0 radical (unpaired) electrons. The molecule has 0 amide bonds. The van der Waals surface area contributed by atoms with Gasteiger partial charge in [-0.2, -0.15) is 4.57 Å². The molecule has 0 spiro atoms. The van der Waals surface area contributed by atoms with Gasteiger partial charge in [-0.05, 0) is 24.3 Å². The maximum atomic E-state index is 13.3. The zero-order valence-corrected chi connectivity index (χ0v) is 18.6. The summed E-state index contributed by atoms with van der Waals surface area (Å²) < 4.78 is 32.3. The number of hydrogen-bond donors (Lipinski definition) is 1. The van der Waals surface area contributed by atoms with Crippen LogP contribution in [0.3, 0.4) is 0 Å². The molecule has 0 saturated heterocycles. The van der Waals surface area contributed by atoms with Crippen LogP contribution in [0.1, 0.15) is 20.7 Å². The summed E-state index contributed by atoms with van der Waals surface area (Å²) in [6.07, 6.45) is 6.57. The lowest BCUT2D eigenvalue weighted by Gasteiger charge is -2.19. The summed E-state index contributed by atoms with van der Waals surface area (Å²) in [7, 11) is -4.12. The highest BCUT2D eigenvalue weighted by molar-refractivity contribution is 9.10. The van der Waals surface area contributed by atoms with E-state index in [1.807, 2.05) is 0 Å². The number of halogens is 1. The summed E-state index contributed by atoms with van der Waals surface area (Å²) in [4.78, 5) is 26.5. The summed E-state index contributed by atoms with van der Waals surface area (Å²) in [5.74, 6) is -1.03. The zero-order valence-electron chi connectivity index (χ0n) is 16.2. The largest absolute Gasteiger partial charge is 0.287 e. The Hall–Kier alpha value is -3.30. The summed E-state index contributed by atoms with van der Waals surface area (Å²) in [6, 6.07) is 12.3. The fraction of sp³-hybridized carbons (Fsp3) is 0.0455. The van der Waals surface area contributed by atoms with Crippen LogP contribution < -0.4 is 9.29 Å². The molecular weight excluding hydrogens is 482 g/mol. The number of nitrogens with zero attached hydrogens (tertiary/aromatic N) is 2. The van der Waals surface area contributed by atoms with Crippen LogP contribution in [-0.2, 0) is 16.6 Å². The molecule has 0 unspecified atom stereocenters. The predicted molar refractivity (Wildman–Crippen MR) is 118 cm³/mol. The van der Waals surface area contributed by atoms with Gasteiger partial charge in [-0.25, -0.2) is 13.0 Å². The molecule has 156 valence electrons. The zero-order chi connectivity index (χ0) is 22.2. The van der Waals surface area contributed by atoms with Gasteiger partial charge in [0.05, 0.1) is 4.90 Å². The van der Waals surface area contributed by atoms with E-state index in [4.69, 9.17) is 0 Å². The van der Waals surface area contributed by atoms with E-state index in [9.17, 15) is 18.0 Å². The number of nitrogens with one attached hydrogen (secondary N) is 1. The first kappa shape index (κ1) is 21.0. The minimum Gasteiger partial charge on any atom is -0.287 e. The monoisotopic (exact) mass is 498 g/mol. The molecule has 7 nitrogen and oxygen atoms in total. The molecule has 1 aliphatic carbocycles. The van der Waals surface area contributed by atoms with Crippen LogP contribution >= 0.6 is 15.9 Å². The normalized spacial score (nSPS) is 13.8. The average molecular weight is 499 g/mol. The summed E-state index contributed by atoms with van der Waals surface area (Å²) in [5, 5.41) is 0. The second kappa shape index (κ2) is 8.09. The number of allylic oxidation sites excluding steroid dienone is 3. The number of sulfonamides is 1. The molecule has 0 saturated carbocycles. The van der Waals surface area contributed by atoms with Gasteiger partial charge in [0.2, 0.25) is 23.6 Å². The molecule has 1 N–H and O–H groups in total. The Balaban J connectivity index is 1.88. The number of aromatic nitrogens is 2. The summed E-state index contributed by atoms with van der Waals surface area (Å²) in [5.41, 5.74) is 0.00844. The molecule has 31 heavy (non-hydrogen) atoms. The molecule has 0 fully saturated rings. The van der Waals surface area contributed by atoms with Gasteiger partial charge in [-0.3, -0.25) is 14.3 Å². The third-order valence-corrected chi connectivity index (χ3v) is 6.64. The molecule has 1 aliphatic rings. The molecule has 9 heteroatoms. The number of carbonyl (C=O) groups is 2. The highest BCUT2D eigenvalue weighted by Gasteiger charge is 2.38. The molecule has 4 rings (SSSR count). The summed E-state index contributed by atoms with van der Waals surface area (Å²) in [6.45, 7) is 4.16. The third kappa shape index (κ3) is 3.89. The Morgan fingerprint density at radius 2 is 1.68 bits per heavy atom. The number of fused-ring (bicyclic) bond motifs is 1. The van der Waals surface area contributed by atoms with Crippen molar-refractivity contribution >= 4 is 43.2 Å². The Morgan fingerprint density at radius 3 is 2.32 bits per heavy atom. The lowest BCUT2D eigenvalue weighted by Crippen LogP contribution is -2.35. The van der Waals surface area contributed by atoms with Crippen LogP contribution in [0.5, 0.6) is 0 Å². The average Bonchev–Trinajstić information content (AvgIpc) is 3.20. The first-order valence-corrected chi connectivity index (χ1v) is 11.5. The number of hydrogen-bond acceptors (Lipinski definition) is 4. The van der Waals surface area contributed by atoms with Crippen molar-refractivity contribution in [1.82, 2.24) is 9.29 Å². The van der Waals surface area contributed by atoms with E-state index < -0.39 is 21.6 Å². The molecule has 1 heterocycles. The van der Waals surface area contributed by atoms with Crippen molar-refractivity contribution in [1.29, 1.82) is 0 Å². The maximum Gasteiger partial charge on any atom is 0.262 e. The smallest absolute Gasteiger partial charge is 0.262 e. The molecule has 0 bridgehead atoms. The highest BCUT2D eigenvalue weighted by Crippen LogP contribution is 2.29. The predicted octanol–water partition coefficient (Wildman–Crippen LogP) is 2.95. The second-order valence-corrected chi connectivity index (χ2v) is 9.39. The standard InChI is InChI=1S/C22H16BrN3O4S/c1-2-11-25-12-13-26(14-25)20-19(21(27)17-5-3-4-6-18(17)22(20)28)24-31(29,30)16-9-7-15(23)8-10-16/h2-10,12-14H,1,11H2/p+1. The first-order chi connectivity index (χ1) is 14.8. The van der Waals surface area contributed by atoms with Gasteiger partial charge in [0.1, 0.15) is 24.6 Å². The van der Waals surface area contributed by atoms with Gasteiger partial charge in [0, 0.05) is 15.6 Å². The van der Waals surface area contributed by atoms with Gasteiger partial charge < -0.3 is 0 Å². The Bertz CT molecular complexity index is 1360. The number of imidazole rings is 1. The number of carbonyl (C=O) groups excluding carboxylic acids is 2. The van der Waals surface area contributed by atoms with Crippen molar-refractivity contribution in [2.45, 2.75) is 11.4 Å². The lowest BCUT2D eigenvalue weighted by molar-refractivity contribution is -0.686. The van der Waals surface area contributed by atoms with E-state index in [2.05, 4.69) is 27.2 Å². The third-order valence-electron chi connectivity index (χ3n) is 4.75. The minimum absolute atomic E-state index is 0.0316. The molecule has 2 aromatic carbocycles. The highest BCUT2D eigenvalue weighted by atomic mass is 79.9. The van der Waals surface area contributed by atoms with Crippen molar-refractivity contribution < 1.29 is 22.6 Å². The number of rotatable bonds is 6. The Labute approximate surface area is 187 Å². The fourth-order valence-electron chi connectivity index (χ4n) is 3.29. The van der Waals surface area contributed by atoms with Crippen molar-refractivity contribution in [3.8, 4) is 0 Å². The topological polar surface area (TPSA) is 89.1 Å². The summed E-state index contributed by atoms with van der Waals surface area (Å²) >= 11 is 3.27. The van der Waals surface area contributed by atoms with Crippen LogP contribution in [-0.4, -0.2) is 24.6 Å². The van der Waals surface area contributed by atoms with Gasteiger partial charge in [0.15, 0.2) is 0 Å². The van der Waals surface area contributed by atoms with E-state index in [0.717, 1.165) is 0 Å². The Morgan fingerprint density at radius 1 is 1.03 bits per heavy atom. The van der Waals surface area contributed by atoms with E-state index in [1.54, 1.807) is 59.7 Å². The van der Waals surface area contributed by atoms with Crippen LogP contribution in [0.4, 0.5) is 0 Å². The second-order valence-electron chi connectivity index (χ2n) is 6.79. The van der Waals surface area contributed by atoms with Crippen LogP contribution in [0.25, 0.3) is 5.70 Å². The van der Waals surface area contributed by atoms with Crippen LogP contribution in [0.2, 0.25) is 0 Å². The van der Waals surface area contributed by atoms with E-state index >= 15 is 0 Å². The van der Waals surface area contributed by atoms with E-state index in [0.29, 0.717) is 11.0 Å². The Kier molecular flexibility index (Phi) is 5.47. The first-order valence-electron chi connectivity index (χ1n) is 9.21. The maximum absolute atomic E-state index is 13.3. The number of ketones is 2. The number of benzene rings is 2. The van der Waals surface area contributed by atoms with E-state index in [1.165, 1.54) is 22.8 Å². The van der Waals surface area contributed by atoms with Crippen molar-refractivity contribution in [2.24, 2.45) is 0 Å². The molecule has 0 atom stereocenters. The van der Waals surface area contributed by atoms with Gasteiger partial charge in [0.25, 0.3) is 10.0 Å². The van der Waals surface area contributed by atoms with Crippen molar-refractivity contribution in [3.05, 3.63) is 101 Å². The molecule has 1 aromatic heterocycles. The van der Waals surface area contributed by atoms with Crippen molar-refractivity contribution in [2.75, 3.05) is 0 Å². The quantitative estimate of drug-likeness (QED) is 0.417. The van der Waals surface area contributed by atoms with Gasteiger partial charge >= 0.3 is 0 Å². The fourth-order valence-corrected chi connectivity index (χ4v) is 4.63. The number of Topliss-reactive ketones (excluding diaryl/α,β-unsaturated/α-hetero) is 2. The van der Waals surface area contributed by atoms with Gasteiger partial charge in [-0.1, -0.05) is 52.9 Å². The molecule has 0 aliphatic heterocycles. The van der Waals surface area contributed by atoms with Crippen molar-refractivity contribution in [3.63, 3.8) is 0 Å². The minimum atomic E-state index is -4.12.